The molecule has 8 heteroatoms. The summed E-state index contributed by atoms with van der Waals surface area (Å²) in [5, 5.41) is 32.5. The van der Waals surface area contributed by atoms with Crippen molar-refractivity contribution in [3.8, 4) is 0 Å². The van der Waals surface area contributed by atoms with Crippen molar-refractivity contribution in [2.45, 2.75) is 12.2 Å². The molecule has 2 unspecified atom stereocenters. The molecule has 0 aromatic rings. The number of aliphatic hydroxyl groups is 2. The number of carboxylic acids is 2. The molecule has 6 nitrogen and oxygen atoms in total. The first-order valence-corrected chi connectivity index (χ1v) is 2.28. The summed E-state index contributed by atoms with van der Waals surface area (Å²) < 4.78 is 0. The smallest absolute Gasteiger partial charge is 1.00 e. The van der Waals surface area contributed by atoms with E-state index in [2.05, 4.69) is 0 Å². The van der Waals surface area contributed by atoms with E-state index >= 15 is 0 Å². The van der Waals surface area contributed by atoms with Gasteiger partial charge in [-0.1, -0.05) is 0 Å². The number of aliphatic carboxylic acids is 2. The predicted molar refractivity (Wildman–Crippen MR) is 29.5 cm³/mol. The normalized spacial score (nSPS) is 13.2. The van der Waals surface area contributed by atoms with Crippen molar-refractivity contribution in [2.24, 2.45) is 0 Å². The molecule has 0 radical (unpaired) electrons. The Hall–Kier alpha value is 1.09. The Morgan fingerprint density at radius 2 is 1.17 bits per heavy atom. The topological polar surface area (TPSA) is 115 Å². The van der Waals surface area contributed by atoms with Crippen LogP contribution in [0, 0.1) is 0 Å². The van der Waals surface area contributed by atoms with Gasteiger partial charge < -0.3 is 23.3 Å². The van der Waals surface area contributed by atoms with Crippen LogP contribution in [0.5, 0.6) is 0 Å². The third-order valence-electron chi connectivity index (χ3n) is 0.805. The number of hydrogen-bond acceptors (Lipinski definition) is 4. The molecule has 4 N–H and O–H groups in total. The average Bonchev–Trinajstić information content (AvgIpc) is 1.84. The molecule has 0 amide bonds. The molecule has 0 saturated carbocycles. The van der Waals surface area contributed by atoms with Gasteiger partial charge in [0.05, 0.1) is 0 Å². The largest absolute Gasteiger partial charge is 1.00 e. The number of rotatable bonds is 3. The van der Waals surface area contributed by atoms with Crippen molar-refractivity contribution in [1.82, 2.24) is 0 Å². The van der Waals surface area contributed by atoms with Crippen molar-refractivity contribution < 1.29 is 103 Å². The summed E-state index contributed by atoms with van der Waals surface area (Å²) >= 11 is 0. The average molecular weight is 198 g/mol. The van der Waals surface area contributed by atoms with E-state index in [1.807, 2.05) is 0 Å². The van der Waals surface area contributed by atoms with Crippen molar-refractivity contribution in [3.63, 3.8) is 0 Å². The standard InChI is InChI=1S/C4H6O6.K.Li.2H/c5-1(3(7)8)2(6)4(9)10;;;;/h1-2,5-6H,(H,7,8)(H,9,10);;;;/q;2*+1;2*-1. The van der Waals surface area contributed by atoms with Crippen molar-refractivity contribution >= 4 is 11.9 Å². The van der Waals surface area contributed by atoms with Gasteiger partial charge in [-0.15, -0.1) is 0 Å². The van der Waals surface area contributed by atoms with Gasteiger partial charge in [0.2, 0.25) is 0 Å². The first-order chi connectivity index (χ1) is 4.46. The van der Waals surface area contributed by atoms with E-state index < -0.39 is 24.1 Å². The van der Waals surface area contributed by atoms with Gasteiger partial charge in [-0.05, 0) is 0 Å². The summed E-state index contributed by atoms with van der Waals surface area (Å²) in [6.07, 6.45) is -4.53. The molecule has 2 atom stereocenters. The SMILES string of the molecule is O=C(O)C(O)C(O)C(=O)O.[H-].[H-].[K+].[Li+]. The van der Waals surface area contributed by atoms with Crippen molar-refractivity contribution in [2.75, 3.05) is 0 Å². The second-order valence-electron chi connectivity index (χ2n) is 1.57. The fourth-order valence-electron chi connectivity index (χ4n) is 0.270. The van der Waals surface area contributed by atoms with Crippen LogP contribution >= 0.6 is 0 Å². The van der Waals surface area contributed by atoms with E-state index in [4.69, 9.17) is 20.4 Å². The van der Waals surface area contributed by atoms with E-state index in [0.717, 1.165) is 0 Å². The molecule has 12 heavy (non-hydrogen) atoms. The maximum Gasteiger partial charge on any atom is 1.00 e. The number of aliphatic hydroxyl groups excluding tert-OH is 2. The molecule has 0 saturated heterocycles. The van der Waals surface area contributed by atoms with Crippen LogP contribution in [0.15, 0.2) is 0 Å². The van der Waals surface area contributed by atoms with Gasteiger partial charge in [-0.2, -0.15) is 0 Å². The Labute approximate surface area is 126 Å². The summed E-state index contributed by atoms with van der Waals surface area (Å²) in [5.41, 5.74) is 0. The number of carboxylic acid groups (broad SMARTS) is 2. The van der Waals surface area contributed by atoms with Crippen molar-refractivity contribution in [3.05, 3.63) is 0 Å². The van der Waals surface area contributed by atoms with Gasteiger partial charge in [0.25, 0.3) is 0 Å². The Bertz CT molecular complexity index is 152. The first kappa shape index (κ1) is 18.8. The quantitative estimate of drug-likeness (QED) is 0.335. The Morgan fingerprint density at radius 1 is 1.00 bits per heavy atom. The zero-order chi connectivity index (χ0) is 8.31. The maximum atomic E-state index is 9.77. The second-order valence-corrected chi connectivity index (χ2v) is 1.57. The fraction of sp³-hybridized carbons (Fsp3) is 0.500. The molecule has 0 heterocycles. The van der Waals surface area contributed by atoms with Crippen LogP contribution in [0.4, 0.5) is 0 Å². The Kier molecular flexibility index (Phi) is 13.6. The van der Waals surface area contributed by atoms with Crippen molar-refractivity contribution in [1.29, 1.82) is 0 Å². The Morgan fingerprint density at radius 3 is 1.25 bits per heavy atom. The van der Waals surface area contributed by atoms with E-state index in [1.165, 1.54) is 0 Å². The minimum atomic E-state index is -2.27. The maximum absolute atomic E-state index is 9.77. The number of hydrogen-bond donors (Lipinski definition) is 4. The van der Waals surface area contributed by atoms with Crippen LogP contribution in [-0.4, -0.2) is 44.6 Å². The Balaban J connectivity index is -0.0000000675. The third-order valence-corrected chi connectivity index (χ3v) is 0.805. The van der Waals surface area contributed by atoms with Crippen LogP contribution in [0.1, 0.15) is 2.85 Å². The molecule has 0 rings (SSSR count). The van der Waals surface area contributed by atoms with Crippen LogP contribution in [0.25, 0.3) is 0 Å². The molecule has 62 valence electrons. The van der Waals surface area contributed by atoms with Gasteiger partial charge in [0.15, 0.2) is 12.2 Å². The summed E-state index contributed by atoms with van der Waals surface area (Å²) in [6.45, 7) is 0. The zero-order valence-electron chi connectivity index (χ0n) is 8.76. The van der Waals surface area contributed by atoms with E-state index in [0.29, 0.717) is 0 Å². The van der Waals surface area contributed by atoms with Crippen LogP contribution < -0.4 is 70.2 Å². The number of carbonyl (C=O) groups is 2. The molecular formula is C4H8KLiO6. The van der Waals surface area contributed by atoms with Gasteiger partial charge in [0, 0.05) is 0 Å². The first-order valence-electron chi connectivity index (χ1n) is 2.28. The molecule has 0 aliphatic heterocycles. The summed E-state index contributed by atoms with van der Waals surface area (Å²) in [7, 11) is 0. The molecule has 0 bridgehead atoms. The summed E-state index contributed by atoms with van der Waals surface area (Å²) in [6, 6.07) is 0. The van der Waals surface area contributed by atoms with Crippen LogP contribution in [-0.2, 0) is 9.59 Å². The third kappa shape index (κ3) is 6.59. The van der Waals surface area contributed by atoms with E-state index in [-0.39, 0.29) is 73.1 Å². The van der Waals surface area contributed by atoms with E-state index in [9.17, 15) is 9.59 Å². The molecular weight excluding hydrogens is 190 g/mol. The van der Waals surface area contributed by atoms with Crippen LogP contribution in [0.2, 0.25) is 0 Å². The second kappa shape index (κ2) is 8.68. The molecule has 0 spiro atoms. The van der Waals surface area contributed by atoms with E-state index in [1.54, 1.807) is 0 Å². The van der Waals surface area contributed by atoms with Crippen LogP contribution in [0.3, 0.4) is 0 Å². The predicted octanol–water partition coefficient (Wildman–Crippen LogP) is -7.89. The van der Waals surface area contributed by atoms with Gasteiger partial charge in [0.1, 0.15) is 0 Å². The monoisotopic (exact) mass is 198 g/mol. The molecule has 0 aliphatic carbocycles. The fourth-order valence-corrected chi connectivity index (χ4v) is 0.270. The van der Waals surface area contributed by atoms with Gasteiger partial charge >= 0.3 is 82.2 Å². The minimum absolute atomic E-state index is 0. The summed E-state index contributed by atoms with van der Waals surface area (Å²) in [4.78, 5) is 19.5. The summed E-state index contributed by atoms with van der Waals surface area (Å²) in [5.74, 6) is -3.54. The minimum Gasteiger partial charge on any atom is -1.00 e. The van der Waals surface area contributed by atoms with Gasteiger partial charge in [-0.3, -0.25) is 0 Å². The molecule has 0 aromatic carbocycles. The molecule has 0 fully saturated rings. The zero-order valence-corrected chi connectivity index (χ0v) is 9.88. The molecule has 0 aliphatic rings. The molecule has 0 aromatic heterocycles. The van der Waals surface area contributed by atoms with Gasteiger partial charge in [-0.25, -0.2) is 9.59 Å².